The van der Waals surface area contributed by atoms with Gasteiger partial charge in [-0.25, -0.2) is 9.79 Å². The highest BCUT2D eigenvalue weighted by Crippen LogP contribution is 2.37. The molecule has 0 radical (unpaired) electrons. The largest absolute Gasteiger partial charge is 0.487 e. The van der Waals surface area contributed by atoms with Crippen LogP contribution in [0.1, 0.15) is 27.2 Å². The minimum atomic E-state index is -0.960. The van der Waals surface area contributed by atoms with E-state index in [0.29, 0.717) is 22.4 Å². The van der Waals surface area contributed by atoms with E-state index in [9.17, 15) is 9.59 Å². The molecule has 1 N–H and O–H groups in total. The molecule has 0 aliphatic carbocycles. The predicted octanol–water partition coefficient (Wildman–Crippen LogP) is 7.57. The van der Waals surface area contributed by atoms with Gasteiger partial charge in [0.05, 0.1) is 36.1 Å². The van der Waals surface area contributed by atoms with Crippen LogP contribution in [-0.2, 0) is 17.9 Å². The number of carboxylic acids is 1. The van der Waals surface area contributed by atoms with Crippen molar-refractivity contribution in [2.75, 3.05) is 0 Å². The van der Waals surface area contributed by atoms with E-state index in [4.69, 9.17) is 19.3 Å². The first-order chi connectivity index (χ1) is 18.9. The Bertz CT molecular complexity index is 1550. The Kier molecular flexibility index (Phi) is 8.72. The van der Waals surface area contributed by atoms with E-state index in [1.54, 1.807) is 41.5 Å². The number of thioether (sulfide) groups is 1. The molecule has 39 heavy (non-hydrogen) atoms. The number of para-hydroxylation sites is 1. The minimum Gasteiger partial charge on any atom is -0.487 e. The molecule has 1 amide bonds. The lowest BCUT2D eigenvalue weighted by Gasteiger charge is -2.14. The van der Waals surface area contributed by atoms with Crippen LogP contribution in [0.25, 0.3) is 6.08 Å². The van der Waals surface area contributed by atoms with Crippen molar-refractivity contribution < 1.29 is 23.8 Å². The number of nitrogens with zero attached hydrogens (tertiary/aromatic N) is 2. The number of carbonyl (C=O) groups excluding carboxylic acids is 1. The van der Waals surface area contributed by atoms with E-state index in [0.717, 1.165) is 29.7 Å². The lowest BCUT2D eigenvalue weighted by Crippen LogP contribution is -2.28. The average molecular weight is 762 g/mol. The summed E-state index contributed by atoms with van der Waals surface area (Å²) in [5.41, 5.74) is 2.74. The molecule has 3 aromatic carbocycles. The number of benzene rings is 3. The molecule has 2 heterocycles. The third-order valence-electron chi connectivity index (χ3n) is 5.67. The molecular weight excluding hydrogens is 742 g/mol. The van der Waals surface area contributed by atoms with Crippen molar-refractivity contribution in [3.63, 3.8) is 0 Å². The molecule has 4 aromatic rings. The van der Waals surface area contributed by atoms with E-state index in [2.05, 4.69) is 45.2 Å². The zero-order chi connectivity index (χ0) is 27.4. The summed E-state index contributed by atoms with van der Waals surface area (Å²) in [7, 11) is 0. The number of aliphatic imine (C=N–C) groups is 1. The molecule has 5 rings (SSSR count). The van der Waals surface area contributed by atoms with Gasteiger partial charge in [0.15, 0.2) is 5.17 Å². The SMILES string of the molecule is O=C(O)c1ccc(COc2c(I)cc(/C=C3/SC(=Nc4ccccc4)N(Cc4ccco4)C3=O)cc2I)cc1. The number of hydrogen-bond donors (Lipinski definition) is 1. The van der Waals surface area contributed by atoms with Crippen molar-refractivity contribution in [2.45, 2.75) is 13.2 Å². The molecule has 1 aliphatic heterocycles. The van der Waals surface area contributed by atoms with Crippen LogP contribution in [0.4, 0.5) is 5.69 Å². The Labute approximate surface area is 256 Å². The maximum atomic E-state index is 13.4. The number of furan rings is 1. The maximum Gasteiger partial charge on any atom is 0.335 e. The van der Waals surface area contributed by atoms with Crippen molar-refractivity contribution in [3.8, 4) is 5.75 Å². The lowest BCUT2D eigenvalue weighted by molar-refractivity contribution is -0.122. The highest BCUT2D eigenvalue weighted by molar-refractivity contribution is 14.1. The van der Waals surface area contributed by atoms with Crippen LogP contribution in [0.15, 0.2) is 99.4 Å². The van der Waals surface area contributed by atoms with Crippen LogP contribution in [-0.4, -0.2) is 27.1 Å². The molecular formula is C29H20I2N2O5S. The molecule has 10 heteroatoms. The highest BCUT2D eigenvalue weighted by atomic mass is 127. The van der Waals surface area contributed by atoms with Gasteiger partial charge in [-0.3, -0.25) is 9.69 Å². The Morgan fingerprint density at radius 1 is 1.03 bits per heavy atom. The molecule has 7 nitrogen and oxygen atoms in total. The molecule has 0 saturated carbocycles. The van der Waals surface area contributed by atoms with Gasteiger partial charge in [0, 0.05) is 0 Å². The first-order valence-electron chi connectivity index (χ1n) is 11.7. The van der Waals surface area contributed by atoms with Gasteiger partial charge in [-0.05, 0) is 123 Å². The number of aromatic carboxylic acids is 1. The summed E-state index contributed by atoms with van der Waals surface area (Å²) in [6.45, 7) is 0.596. The summed E-state index contributed by atoms with van der Waals surface area (Å²) in [6, 6.07) is 23.7. The zero-order valence-corrected chi connectivity index (χ0v) is 25.3. The Morgan fingerprint density at radius 2 is 1.74 bits per heavy atom. The van der Waals surface area contributed by atoms with Crippen LogP contribution in [0.5, 0.6) is 5.75 Å². The second-order valence-electron chi connectivity index (χ2n) is 8.42. The van der Waals surface area contributed by atoms with E-state index >= 15 is 0 Å². The van der Waals surface area contributed by atoms with Crippen molar-refractivity contribution in [2.24, 2.45) is 4.99 Å². The summed E-state index contributed by atoms with van der Waals surface area (Å²) in [5, 5.41) is 9.67. The molecule has 0 spiro atoms. The summed E-state index contributed by atoms with van der Waals surface area (Å²) in [4.78, 5) is 31.4. The fourth-order valence-electron chi connectivity index (χ4n) is 3.75. The van der Waals surface area contributed by atoms with Crippen molar-refractivity contribution in [3.05, 3.63) is 120 Å². The third-order valence-corrected chi connectivity index (χ3v) is 8.27. The van der Waals surface area contributed by atoms with E-state index in [1.807, 2.05) is 54.6 Å². The number of amides is 1. The molecule has 0 atom stereocenters. The van der Waals surface area contributed by atoms with Gasteiger partial charge in [-0.2, -0.15) is 0 Å². The van der Waals surface area contributed by atoms with Gasteiger partial charge < -0.3 is 14.3 Å². The van der Waals surface area contributed by atoms with Crippen LogP contribution in [0, 0.1) is 7.14 Å². The summed E-state index contributed by atoms with van der Waals surface area (Å²) >= 11 is 5.78. The molecule has 1 aliphatic rings. The van der Waals surface area contributed by atoms with Crippen molar-refractivity contribution >= 4 is 85.8 Å². The smallest absolute Gasteiger partial charge is 0.335 e. The minimum absolute atomic E-state index is 0.138. The Morgan fingerprint density at radius 3 is 2.38 bits per heavy atom. The second kappa shape index (κ2) is 12.4. The van der Waals surface area contributed by atoms with Gasteiger partial charge in [0.25, 0.3) is 5.91 Å². The number of carboxylic acid groups (broad SMARTS) is 1. The number of carbonyl (C=O) groups is 2. The van der Waals surface area contributed by atoms with E-state index < -0.39 is 5.97 Å². The number of rotatable bonds is 8. The fourth-order valence-corrected chi connectivity index (χ4v) is 6.88. The zero-order valence-electron chi connectivity index (χ0n) is 20.2. The monoisotopic (exact) mass is 762 g/mol. The van der Waals surface area contributed by atoms with Crippen molar-refractivity contribution in [1.29, 1.82) is 0 Å². The lowest BCUT2D eigenvalue weighted by atomic mass is 10.1. The van der Waals surface area contributed by atoms with E-state index in [-0.39, 0.29) is 18.0 Å². The normalized spacial score (nSPS) is 15.3. The van der Waals surface area contributed by atoms with Crippen LogP contribution < -0.4 is 4.74 Å². The van der Waals surface area contributed by atoms with Gasteiger partial charge in [0.2, 0.25) is 0 Å². The van der Waals surface area contributed by atoms with Gasteiger partial charge in [-0.1, -0.05) is 30.3 Å². The summed E-state index contributed by atoms with van der Waals surface area (Å²) < 4.78 is 13.4. The molecule has 0 unspecified atom stereocenters. The maximum absolute atomic E-state index is 13.4. The Hall–Kier alpha value is -3.10. The topological polar surface area (TPSA) is 92.3 Å². The standard InChI is InChI=1S/C29H20I2N2O5S/c30-23-13-19(14-24(31)26(23)38-17-18-8-10-20(11-9-18)28(35)36)15-25-27(34)33(16-22-7-4-12-37-22)29(39-25)32-21-5-2-1-3-6-21/h1-15H,16-17H2,(H,35,36)/b25-15+,32-29?. The first-order valence-corrected chi connectivity index (χ1v) is 14.7. The van der Waals surface area contributed by atoms with Crippen LogP contribution >= 0.6 is 56.9 Å². The first kappa shape index (κ1) is 27.5. The summed E-state index contributed by atoms with van der Waals surface area (Å²) in [6.07, 6.45) is 3.46. The van der Waals surface area contributed by atoms with Crippen molar-refractivity contribution in [1.82, 2.24) is 4.90 Å². The van der Waals surface area contributed by atoms with Gasteiger partial charge in [0.1, 0.15) is 18.1 Å². The molecule has 1 saturated heterocycles. The summed E-state index contributed by atoms with van der Waals surface area (Å²) in [5.74, 6) is 0.310. The molecule has 1 aromatic heterocycles. The highest BCUT2D eigenvalue weighted by Gasteiger charge is 2.34. The van der Waals surface area contributed by atoms with Crippen LogP contribution in [0.2, 0.25) is 0 Å². The molecule has 1 fully saturated rings. The van der Waals surface area contributed by atoms with Gasteiger partial charge in [-0.15, -0.1) is 0 Å². The van der Waals surface area contributed by atoms with E-state index in [1.165, 1.54) is 11.8 Å². The average Bonchev–Trinajstić information content (AvgIpc) is 3.53. The number of hydrogen-bond acceptors (Lipinski definition) is 6. The van der Waals surface area contributed by atoms with Crippen LogP contribution in [0.3, 0.4) is 0 Å². The third kappa shape index (κ3) is 6.73. The predicted molar refractivity (Wildman–Crippen MR) is 168 cm³/mol. The number of halogens is 2. The molecule has 196 valence electrons. The van der Waals surface area contributed by atoms with Gasteiger partial charge >= 0.3 is 5.97 Å². The quantitative estimate of drug-likeness (QED) is 0.147. The second-order valence-corrected chi connectivity index (χ2v) is 11.7. The fraction of sp³-hybridized carbons (Fsp3) is 0.0690. The number of amidine groups is 1. The number of ether oxygens (including phenoxy) is 1. The molecule has 0 bridgehead atoms. The Balaban J connectivity index is 1.37.